The molecule has 0 aromatic carbocycles. The van der Waals surface area contributed by atoms with Gasteiger partial charge in [-0.1, -0.05) is 0 Å². The number of ether oxygens (including phenoxy) is 1. The van der Waals surface area contributed by atoms with E-state index in [1.165, 1.54) is 6.33 Å². The fraction of sp³-hybridized carbons (Fsp3) is 0.583. The van der Waals surface area contributed by atoms with Crippen LogP contribution in [0.25, 0.3) is 5.65 Å². The number of hydrogen-bond acceptors (Lipinski definition) is 5. The van der Waals surface area contributed by atoms with E-state index >= 15 is 0 Å². The highest BCUT2D eigenvalue weighted by atomic mass is 31.2. The molecule has 0 saturated heterocycles. The van der Waals surface area contributed by atoms with Crippen LogP contribution in [-0.4, -0.2) is 48.5 Å². The van der Waals surface area contributed by atoms with Gasteiger partial charge in [-0.2, -0.15) is 5.10 Å². The number of nitrogens with zero attached hydrogens (tertiary/aromatic N) is 4. The summed E-state index contributed by atoms with van der Waals surface area (Å²) < 4.78 is 30.1. The van der Waals surface area contributed by atoms with E-state index in [2.05, 4.69) is 15.1 Å². The summed E-state index contributed by atoms with van der Waals surface area (Å²) in [7, 11) is -4.27. The Morgan fingerprint density at radius 3 is 2.91 bits per heavy atom. The average Bonchev–Trinajstić information content (AvgIpc) is 2.86. The van der Waals surface area contributed by atoms with Gasteiger partial charge in [0, 0.05) is 0 Å². The number of aromatic nitrogens is 4. The van der Waals surface area contributed by atoms with E-state index in [0.29, 0.717) is 24.9 Å². The second-order valence-corrected chi connectivity index (χ2v) is 6.55. The van der Waals surface area contributed by atoms with Crippen molar-refractivity contribution >= 4 is 13.2 Å². The molecule has 2 rings (SSSR count). The minimum absolute atomic E-state index is 0.355. The molecular weight excluding hydrogens is 314 g/mol. The van der Waals surface area contributed by atoms with Crippen LogP contribution in [-0.2, 0) is 15.7 Å². The third-order valence-electron chi connectivity index (χ3n) is 3.16. The van der Waals surface area contributed by atoms with Gasteiger partial charge >= 0.3 is 7.60 Å². The molecule has 2 heterocycles. The van der Waals surface area contributed by atoms with Gasteiger partial charge in [0.1, 0.15) is 19.3 Å². The fourth-order valence-electron chi connectivity index (χ4n) is 2.07. The van der Waals surface area contributed by atoms with E-state index in [0.717, 1.165) is 11.4 Å². The minimum Gasteiger partial charge on any atom is -0.363 e. The second kappa shape index (κ2) is 7.23. The van der Waals surface area contributed by atoms with Crippen LogP contribution < -0.4 is 0 Å². The lowest BCUT2D eigenvalue weighted by Crippen LogP contribution is -2.16. The van der Waals surface area contributed by atoms with Gasteiger partial charge in [0.2, 0.25) is 0 Å². The molecule has 1 atom stereocenters. The smallest absolute Gasteiger partial charge is 0.350 e. The molecular formula is C12H18FN4O4P. The Hall–Kier alpha value is -1.41. The molecule has 8 nitrogen and oxygen atoms in total. The van der Waals surface area contributed by atoms with Crippen LogP contribution >= 0.6 is 7.60 Å². The Morgan fingerprint density at radius 2 is 2.23 bits per heavy atom. The number of hydrogen-bond donors (Lipinski definition) is 2. The predicted molar refractivity (Wildman–Crippen MR) is 76.2 cm³/mol. The first-order chi connectivity index (χ1) is 10.4. The van der Waals surface area contributed by atoms with E-state index in [9.17, 15) is 8.96 Å². The van der Waals surface area contributed by atoms with Crippen LogP contribution in [0, 0.1) is 6.92 Å². The van der Waals surface area contributed by atoms with Gasteiger partial charge in [0.15, 0.2) is 5.65 Å². The number of aryl methyl sites for hydroxylation is 2. The lowest BCUT2D eigenvalue weighted by atomic mass is 10.1. The molecule has 122 valence electrons. The molecule has 22 heavy (non-hydrogen) atoms. The highest BCUT2D eigenvalue weighted by molar-refractivity contribution is 7.51. The first kappa shape index (κ1) is 17.0. The van der Waals surface area contributed by atoms with Crippen molar-refractivity contribution in [2.24, 2.45) is 0 Å². The van der Waals surface area contributed by atoms with E-state index in [1.807, 2.05) is 6.92 Å². The molecule has 0 fully saturated rings. The van der Waals surface area contributed by atoms with E-state index in [1.54, 1.807) is 10.7 Å². The summed E-state index contributed by atoms with van der Waals surface area (Å²) in [5.41, 5.74) is 2.32. The lowest BCUT2D eigenvalue weighted by molar-refractivity contribution is 0.0486. The molecule has 2 aromatic heterocycles. The van der Waals surface area contributed by atoms with Crippen LogP contribution in [0.2, 0.25) is 0 Å². The quantitative estimate of drug-likeness (QED) is 0.700. The Morgan fingerprint density at radius 1 is 1.45 bits per heavy atom. The maximum Gasteiger partial charge on any atom is 0.350 e. The first-order valence-electron chi connectivity index (χ1n) is 6.77. The maximum absolute atomic E-state index is 12.8. The average molecular weight is 332 g/mol. The van der Waals surface area contributed by atoms with Gasteiger partial charge in [0.05, 0.1) is 23.7 Å². The largest absolute Gasteiger partial charge is 0.363 e. The molecule has 2 aromatic rings. The molecule has 10 heteroatoms. The molecule has 0 aliphatic rings. The normalized spacial score (nSPS) is 13.6. The molecule has 0 bridgehead atoms. The van der Waals surface area contributed by atoms with Crippen molar-refractivity contribution in [2.45, 2.75) is 32.3 Å². The first-order valence-corrected chi connectivity index (χ1v) is 8.57. The van der Waals surface area contributed by atoms with Crippen molar-refractivity contribution in [2.75, 3.05) is 13.0 Å². The highest BCUT2D eigenvalue weighted by Gasteiger charge is 2.18. The molecule has 1 unspecified atom stereocenters. The molecule has 2 N–H and O–H groups in total. The SMILES string of the molecule is Cc1ncnn2c(CCCC(CF)OCP(=O)(O)O)cnc12. The van der Waals surface area contributed by atoms with Crippen molar-refractivity contribution in [3.63, 3.8) is 0 Å². The Balaban J connectivity index is 1.89. The summed E-state index contributed by atoms with van der Waals surface area (Å²) in [6.45, 7) is 1.05. The standard InChI is InChI=1S/C12H18FN4O4P/c1-9-12-14-6-10(17(12)16-7-15-9)3-2-4-11(5-13)21-8-22(18,19)20/h6-7,11H,2-5,8H2,1H3,(H2,18,19,20). The van der Waals surface area contributed by atoms with Crippen LogP contribution in [0.3, 0.4) is 0 Å². The minimum atomic E-state index is -4.27. The van der Waals surface area contributed by atoms with Crippen LogP contribution in [0.4, 0.5) is 4.39 Å². The summed E-state index contributed by atoms with van der Waals surface area (Å²) in [6.07, 6.45) is 3.11. The zero-order chi connectivity index (χ0) is 16.2. The van der Waals surface area contributed by atoms with Crippen molar-refractivity contribution in [3.05, 3.63) is 23.9 Å². The summed E-state index contributed by atoms with van der Waals surface area (Å²) in [5.74, 6) is 0. The van der Waals surface area contributed by atoms with Crippen molar-refractivity contribution < 1.29 is 23.5 Å². The molecule has 0 aliphatic carbocycles. The molecule has 0 aliphatic heterocycles. The second-order valence-electron chi connectivity index (χ2n) is 4.96. The van der Waals surface area contributed by atoms with Crippen LogP contribution in [0.5, 0.6) is 0 Å². The van der Waals surface area contributed by atoms with Gasteiger partial charge in [-0.25, -0.2) is 18.9 Å². The van der Waals surface area contributed by atoms with Crippen molar-refractivity contribution in [3.8, 4) is 0 Å². The predicted octanol–water partition coefficient (Wildman–Crippen LogP) is 1.25. The zero-order valence-corrected chi connectivity index (χ0v) is 13.0. The van der Waals surface area contributed by atoms with Gasteiger partial charge in [-0.05, 0) is 26.2 Å². The third kappa shape index (κ3) is 4.54. The van der Waals surface area contributed by atoms with Crippen molar-refractivity contribution in [1.82, 2.24) is 19.6 Å². The monoisotopic (exact) mass is 332 g/mol. The Bertz CT molecular complexity index is 674. The number of rotatable bonds is 8. The number of imidazole rings is 1. The Kier molecular flexibility index (Phi) is 5.57. The summed E-state index contributed by atoms with van der Waals surface area (Å²) >= 11 is 0. The highest BCUT2D eigenvalue weighted by Crippen LogP contribution is 2.34. The maximum atomic E-state index is 12.8. The summed E-state index contributed by atoms with van der Waals surface area (Å²) in [5, 5.41) is 4.12. The molecule has 0 amide bonds. The molecule has 0 spiro atoms. The lowest BCUT2D eigenvalue weighted by Gasteiger charge is -2.14. The molecule has 0 saturated carbocycles. The Labute approximate surface area is 126 Å². The zero-order valence-electron chi connectivity index (χ0n) is 12.1. The van der Waals surface area contributed by atoms with E-state index in [4.69, 9.17) is 14.5 Å². The molecule has 0 radical (unpaired) electrons. The van der Waals surface area contributed by atoms with Gasteiger partial charge in [-0.15, -0.1) is 0 Å². The van der Waals surface area contributed by atoms with Crippen LogP contribution in [0.15, 0.2) is 12.5 Å². The summed E-state index contributed by atoms with van der Waals surface area (Å²) in [4.78, 5) is 25.7. The third-order valence-corrected chi connectivity index (χ3v) is 3.65. The van der Waals surface area contributed by atoms with E-state index in [-0.39, 0.29) is 0 Å². The number of alkyl halides is 1. The summed E-state index contributed by atoms with van der Waals surface area (Å²) in [6, 6.07) is 0. The van der Waals surface area contributed by atoms with Gasteiger partial charge in [0.25, 0.3) is 0 Å². The number of halogens is 1. The number of fused-ring (bicyclic) bond motifs is 1. The topological polar surface area (TPSA) is 110 Å². The van der Waals surface area contributed by atoms with Crippen molar-refractivity contribution in [1.29, 1.82) is 0 Å². The van der Waals surface area contributed by atoms with Gasteiger partial charge in [-0.3, -0.25) is 4.57 Å². The van der Waals surface area contributed by atoms with Crippen LogP contribution in [0.1, 0.15) is 24.2 Å². The fourth-order valence-corrected chi connectivity index (χ4v) is 2.47. The van der Waals surface area contributed by atoms with E-state index < -0.39 is 26.7 Å². The van der Waals surface area contributed by atoms with Gasteiger partial charge < -0.3 is 14.5 Å².